The lowest BCUT2D eigenvalue weighted by atomic mass is 9.93. The Morgan fingerprint density at radius 2 is 2.30 bits per heavy atom. The lowest BCUT2D eigenvalue weighted by Crippen LogP contribution is -2.30. The largest absolute Gasteiger partial charge is 0.391 e. The number of hydrogen-bond donors (Lipinski definition) is 3. The highest BCUT2D eigenvalue weighted by Crippen LogP contribution is 2.29. The molecule has 2 heterocycles. The molecule has 3 unspecified atom stereocenters. The van der Waals surface area contributed by atoms with E-state index in [2.05, 4.69) is 17.6 Å². The van der Waals surface area contributed by atoms with Crippen molar-refractivity contribution >= 4 is 23.7 Å². The molecule has 0 saturated carbocycles. The highest BCUT2D eigenvalue weighted by Gasteiger charge is 2.24. The molecule has 4 nitrogen and oxygen atoms in total. The van der Waals surface area contributed by atoms with Gasteiger partial charge in [-0.05, 0) is 25.2 Å². The van der Waals surface area contributed by atoms with Crippen LogP contribution in [0.5, 0.6) is 0 Å². The molecular formula is C14H24ClN3OS. The van der Waals surface area contributed by atoms with E-state index in [4.69, 9.17) is 4.98 Å². The molecule has 0 aromatic carbocycles. The molecule has 1 aliphatic heterocycles. The van der Waals surface area contributed by atoms with E-state index >= 15 is 0 Å². The third kappa shape index (κ3) is 3.71. The van der Waals surface area contributed by atoms with E-state index in [0.717, 1.165) is 38.5 Å². The molecule has 0 amide bonds. The summed E-state index contributed by atoms with van der Waals surface area (Å²) in [6, 6.07) is 0. The van der Waals surface area contributed by atoms with Crippen LogP contribution < -0.4 is 10.6 Å². The van der Waals surface area contributed by atoms with Crippen LogP contribution in [0.25, 0.3) is 0 Å². The third-order valence-corrected chi connectivity index (χ3v) is 5.34. The zero-order valence-corrected chi connectivity index (χ0v) is 13.5. The Balaban J connectivity index is 0.00000147. The molecular weight excluding hydrogens is 294 g/mol. The Morgan fingerprint density at radius 1 is 1.45 bits per heavy atom. The minimum Gasteiger partial charge on any atom is -0.391 e. The number of halogens is 1. The minimum absolute atomic E-state index is 0. The van der Waals surface area contributed by atoms with Crippen LogP contribution in [0, 0.1) is 11.8 Å². The summed E-state index contributed by atoms with van der Waals surface area (Å²) in [5.41, 5.74) is 1.34. The van der Waals surface area contributed by atoms with Gasteiger partial charge in [-0.2, -0.15) is 0 Å². The zero-order chi connectivity index (χ0) is 13.2. The van der Waals surface area contributed by atoms with E-state index in [9.17, 15) is 5.11 Å². The summed E-state index contributed by atoms with van der Waals surface area (Å²) >= 11 is 1.87. The van der Waals surface area contributed by atoms with E-state index < -0.39 is 0 Å². The van der Waals surface area contributed by atoms with Gasteiger partial charge in [-0.25, -0.2) is 4.98 Å². The minimum atomic E-state index is -0.196. The number of aromatic nitrogens is 1. The van der Waals surface area contributed by atoms with Crippen molar-refractivity contribution in [2.45, 2.75) is 38.8 Å². The van der Waals surface area contributed by atoms with Gasteiger partial charge in [0.05, 0.1) is 11.8 Å². The van der Waals surface area contributed by atoms with E-state index in [-0.39, 0.29) is 18.5 Å². The summed E-state index contributed by atoms with van der Waals surface area (Å²) in [5.74, 6) is 1.16. The lowest BCUT2D eigenvalue weighted by molar-refractivity contribution is 0.146. The predicted octanol–water partition coefficient (Wildman–Crippen LogP) is 1.36. The van der Waals surface area contributed by atoms with Crippen LogP contribution in [-0.4, -0.2) is 35.8 Å². The van der Waals surface area contributed by atoms with Crippen LogP contribution in [-0.2, 0) is 19.4 Å². The van der Waals surface area contributed by atoms with Gasteiger partial charge in [-0.3, -0.25) is 0 Å². The normalized spacial score (nSPS) is 29.0. The van der Waals surface area contributed by atoms with Gasteiger partial charge in [-0.1, -0.05) is 6.92 Å². The van der Waals surface area contributed by atoms with Crippen molar-refractivity contribution in [2.24, 2.45) is 11.8 Å². The quantitative estimate of drug-likeness (QED) is 0.785. The Kier molecular flexibility index (Phi) is 5.81. The summed E-state index contributed by atoms with van der Waals surface area (Å²) in [7, 11) is 0. The number of β-amino-alcohol motifs (C(OH)–C–C–N with tert-alkyl or cyclic N) is 1. The zero-order valence-electron chi connectivity index (χ0n) is 11.9. The molecule has 2 aliphatic rings. The molecule has 1 fully saturated rings. The lowest BCUT2D eigenvalue weighted by Gasteiger charge is -2.15. The van der Waals surface area contributed by atoms with Crippen LogP contribution in [0.15, 0.2) is 0 Å². The topological polar surface area (TPSA) is 57.2 Å². The highest BCUT2D eigenvalue weighted by atomic mass is 35.5. The first kappa shape index (κ1) is 16.2. The standard InChI is InChI=1S/C14H23N3OS.ClH/c1-9-2-3-11-13(4-9)19-14(17-11)8-16-6-10-5-15-7-12(10)18;/h9-10,12,15-16,18H,2-8H2,1H3;1H. The van der Waals surface area contributed by atoms with Crippen molar-refractivity contribution in [3.8, 4) is 0 Å². The van der Waals surface area contributed by atoms with Crippen LogP contribution in [0.2, 0.25) is 0 Å². The highest BCUT2D eigenvalue weighted by molar-refractivity contribution is 7.11. The number of rotatable bonds is 4. The van der Waals surface area contributed by atoms with Crippen LogP contribution in [0.3, 0.4) is 0 Å². The second kappa shape index (κ2) is 7.18. The molecule has 3 rings (SSSR count). The maximum absolute atomic E-state index is 9.73. The number of hydrogen-bond acceptors (Lipinski definition) is 5. The molecule has 3 atom stereocenters. The molecule has 1 aromatic rings. The SMILES string of the molecule is CC1CCc2nc(CNCC3CNCC3O)sc2C1.Cl. The smallest absolute Gasteiger partial charge is 0.107 e. The van der Waals surface area contributed by atoms with Crippen LogP contribution in [0.1, 0.15) is 28.9 Å². The van der Waals surface area contributed by atoms with Crippen LogP contribution >= 0.6 is 23.7 Å². The number of nitrogens with zero attached hydrogens (tertiary/aromatic N) is 1. The Morgan fingerprint density at radius 3 is 3.05 bits per heavy atom. The molecule has 1 aliphatic carbocycles. The summed E-state index contributed by atoms with van der Waals surface area (Å²) < 4.78 is 0. The number of aliphatic hydroxyl groups excluding tert-OH is 1. The summed E-state index contributed by atoms with van der Waals surface area (Å²) in [6.45, 7) is 5.69. The fourth-order valence-electron chi connectivity index (χ4n) is 2.96. The molecule has 1 aromatic heterocycles. The van der Waals surface area contributed by atoms with Crippen molar-refractivity contribution in [1.82, 2.24) is 15.6 Å². The van der Waals surface area contributed by atoms with Gasteiger partial charge >= 0.3 is 0 Å². The van der Waals surface area contributed by atoms with Crippen molar-refractivity contribution in [1.29, 1.82) is 0 Å². The van der Waals surface area contributed by atoms with Crippen molar-refractivity contribution in [2.75, 3.05) is 19.6 Å². The molecule has 6 heteroatoms. The number of aliphatic hydroxyl groups is 1. The van der Waals surface area contributed by atoms with Gasteiger partial charge in [0, 0.05) is 37.0 Å². The van der Waals surface area contributed by atoms with Gasteiger partial charge in [0.15, 0.2) is 0 Å². The number of fused-ring (bicyclic) bond motifs is 1. The first-order valence-electron chi connectivity index (χ1n) is 7.29. The monoisotopic (exact) mass is 317 g/mol. The second-order valence-corrected chi connectivity index (χ2v) is 7.11. The summed E-state index contributed by atoms with van der Waals surface area (Å²) in [5, 5.41) is 17.6. The maximum atomic E-state index is 9.73. The summed E-state index contributed by atoms with van der Waals surface area (Å²) in [4.78, 5) is 6.24. The molecule has 0 spiro atoms. The molecule has 3 N–H and O–H groups in total. The number of nitrogens with one attached hydrogen (secondary N) is 2. The van der Waals surface area contributed by atoms with Crippen LogP contribution in [0.4, 0.5) is 0 Å². The number of aryl methyl sites for hydroxylation is 1. The Bertz CT molecular complexity index is 440. The Labute approximate surface area is 130 Å². The van der Waals surface area contributed by atoms with E-state index in [1.165, 1.54) is 28.4 Å². The average molecular weight is 318 g/mol. The van der Waals surface area contributed by atoms with Gasteiger partial charge in [0.1, 0.15) is 5.01 Å². The van der Waals surface area contributed by atoms with E-state index in [1.54, 1.807) is 0 Å². The van der Waals surface area contributed by atoms with E-state index in [0.29, 0.717) is 5.92 Å². The molecule has 0 radical (unpaired) electrons. The fourth-order valence-corrected chi connectivity index (χ4v) is 4.21. The molecule has 1 saturated heterocycles. The molecule has 20 heavy (non-hydrogen) atoms. The second-order valence-electron chi connectivity index (χ2n) is 5.94. The van der Waals surface area contributed by atoms with E-state index in [1.807, 2.05) is 11.3 Å². The van der Waals surface area contributed by atoms with Crippen molar-refractivity contribution in [3.63, 3.8) is 0 Å². The van der Waals surface area contributed by atoms with Gasteiger partial charge in [0.2, 0.25) is 0 Å². The first-order valence-corrected chi connectivity index (χ1v) is 8.11. The molecule has 114 valence electrons. The average Bonchev–Trinajstić information content (AvgIpc) is 2.95. The predicted molar refractivity (Wildman–Crippen MR) is 84.6 cm³/mol. The third-order valence-electron chi connectivity index (χ3n) is 4.22. The van der Waals surface area contributed by atoms with Crippen molar-refractivity contribution < 1.29 is 5.11 Å². The Hall–Kier alpha value is -0.200. The van der Waals surface area contributed by atoms with Gasteiger partial charge in [0.25, 0.3) is 0 Å². The van der Waals surface area contributed by atoms with Gasteiger partial charge < -0.3 is 15.7 Å². The molecule has 0 bridgehead atoms. The fraction of sp³-hybridized carbons (Fsp3) is 0.786. The maximum Gasteiger partial charge on any atom is 0.107 e. The number of thiazole rings is 1. The van der Waals surface area contributed by atoms with Crippen molar-refractivity contribution in [3.05, 3.63) is 15.6 Å². The summed E-state index contributed by atoms with van der Waals surface area (Å²) in [6.07, 6.45) is 3.44. The van der Waals surface area contributed by atoms with Gasteiger partial charge in [-0.15, -0.1) is 23.7 Å². The first-order chi connectivity index (χ1) is 9.22.